The first kappa shape index (κ1) is 36.5. The van der Waals surface area contributed by atoms with E-state index in [9.17, 15) is 4.79 Å². The van der Waals surface area contributed by atoms with Gasteiger partial charge < -0.3 is 4.74 Å². The molecule has 0 N–H and O–H groups in total. The Labute approximate surface area is 234 Å². The summed E-state index contributed by atoms with van der Waals surface area (Å²) < 4.78 is 5.57. The lowest BCUT2D eigenvalue weighted by Gasteiger charge is -2.13. The molecule has 0 aromatic carbocycles. The van der Waals surface area contributed by atoms with Crippen molar-refractivity contribution in [3.05, 3.63) is 0 Å². The molecule has 0 radical (unpaired) electrons. The van der Waals surface area contributed by atoms with Crippen molar-refractivity contribution in [1.29, 1.82) is 0 Å². The molecule has 0 heterocycles. The molecule has 0 fully saturated rings. The van der Waals surface area contributed by atoms with Gasteiger partial charge in [-0.05, 0) is 26.2 Å². The van der Waals surface area contributed by atoms with Crippen LogP contribution in [0.5, 0.6) is 0 Å². The first-order valence-corrected chi connectivity index (χ1v) is 17.4. The van der Waals surface area contributed by atoms with Gasteiger partial charge in [-0.1, -0.05) is 181 Å². The maximum atomic E-state index is 12.0. The standard InChI is InChI=1S/C35H70O2/c1-4-6-8-10-11-12-13-14-15-16-17-18-19-20-21-22-23-24-25-26-27-29-31-33-35(36)37-34(3)32-30-28-9-7-5-2/h34H,4-33H2,1-3H3. The SMILES string of the molecule is CCCCCCCCCCCCCCCCCCCCCCCCCC(=O)OC(C)CCCCCCC. The quantitative estimate of drug-likeness (QED) is 0.0668. The van der Waals surface area contributed by atoms with Crippen LogP contribution in [0, 0.1) is 0 Å². The Kier molecular flexibility index (Phi) is 31.2. The molecule has 0 aromatic heterocycles. The predicted molar refractivity (Wildman–Crippen MR) is 165 cm³/mol. The van der Waals surface area contributed by atoms with Crippen molar-refractivity contribution in [2.24, 2.45) is 0 Å². The summed E-state index contributed by atoms with van der Waals surface area (Å²) in [7, 11) is 0. The molecule has 0 saturated heterocycles. The fourth-order valence-electron chi connectivity index (χ4n) is 5.43. The van der Waals surface area contributed by atoms with Crippen molar-refractivity contribution in [3.63, 3.8) is 0 Å². The Morgan fingerprint density at radius 2 is 0.703 bits per heavy atom. The number of hydrogen-bond donors (Lipinski definition) is 0. The van der Waals surface area contributed by atoms with E-state index in [2.05, 4.69) is 20.8 Å². The zero-order valence-corrected chi connectivity index (χ0v) is 26.1. The second kappa shape index (κ2) is 31.7. The van der Waals surface area contributed by atoms with Crippen molar-refractivity contribution in [3.8, 4) is 0 Å². The van der Waals surface area contributed by atoms with Gasteiger partial charge in [0.2, 0.25) is 0 Å². The number of hydrogen-bond acceptors (Lipinski definition) is 2. The van der Waals surface area contributed by atoms with Gasteiger partial charge in [0.1, 0.15) is 0 Å². The van der Waals surface area contributed by atoms with E-state index in [4.69, 9.17) is 4.74 Å². The van der Waals surface area contributed by atoms with Crippen molar-refractivity contribution < 1.29 is 9.53 Å². The van der Waals surface area contributed by atoms with Crippen LogP contribution in [-0.2, 0) is 9.53 Å². The van der Waals surface area contributed by atoms with Crippen molar-refractivity contribution in [1.82, 2.24) is 0 Å². The van der Waals surface area contributed by atoms with Crippen molar-refractivity contribution in [2.45, 2.75) is 219 Å². The van der Waals surface area contributed by atoms with Crippen LogP contribution in [-0.4, -0.2) is 12.1 Å². The van der Waals surface area contributed by atoms with Gasteiger partial charge in [-0.25, -0.2) is 0 Å². The summed E-state index contributed by atoms with van der Waals surface area (Å²) in [6.45, 7) is 6.59. The van der Waals surface area contributed by atoms with Crippen LogP contribution in [0.1, 0.15) is 213 Å². The minimum Gasteiger partial charge on any atom is -0.463 e. The highest BCUT2D eigenvalue weighted by molar-refractivity contribution is 5.69. The molecule has 0 rings (SSSR count). The molecule has 1 unspecified atom stereocenters. The van der Waals surface area contributed by atoms with Crippen molar-refractivity contribution in [2.75, 3.05) is 0 Å². The van der Waals surface area contributed by atoms with E-state index in [1.54, 1.807) is 0 Å². The second-order valence-electron chi connectivity index (χ2n) is 12.0. The Bertz CT molecular complexity index is 433. The molecule has 0 aliphatic heterocycles. The lowest BCUT2D eigenvalue weighted by Crippen LogP contribution is -2.14. The highest BCUT2D eigenvalue weighted by Gasteiger charge is 2.09. The molecular formula is C35H70O2. The summed E-state index contributed by atoms with van der Waals surface area (Å²) in [6.07, 6.45) is 40.3. The topological polar surface area (TPSA) is 26.3 Å². The monoisotopic (exact) mass is 523 g/mol. The summed E-state index contributed by atoms with van der Waals surface area (Å²) in [5.41, 5.74) is 0. The molecule has 0 aliphatic carbocycles. The zero-order chi connectivity index (χ0) is 27.1. The van der Waals surface area contributed by atoms with Crippen LogP contribution in [0.25, 0.3) is 0 Å². The zero-order valence-electron chi connectivity index (χ0n) is 26.1. The van der Waals surface area contributed by atoms with Gasteiger partial charge in [-0.15, -0.1) is 0 Å². The number of rotatable bonds is 31. The molecule has 0 bridgehead atoms. The Morgan fingerprint density at radius 1 is 0.432 bits per heavy atom. The van der Waals surface area contributed by atoms with E-state index < -0.39 is 0 Å². The minimum absolute atomic E-state index is 0.0181. The van der Waals surface area contributed by atoms with E-state index in [1.165, 1.54) is 173 Å². The van der Waals surface area contributed by atoms with Crippen LogP contribution in [0.4, 0.5) is 0 Å². The molecule has 37 heavy (non-hydrogen) atoms. The number of carbonyl (C=O) groups excluding carboxylic acids is 1. The fourth-order valence-corrected chi connectivity index (χ4v) is 5.43. The van der Waals surface area contributed by atoms with Crippen LogP contribution < -0.4 is 0 Å². The molecule has 222 valence electrons. The lowest BCUT2D eigenvalue weighted by molar-refractivity contribution is -0.148. The summed E-state index contributed by atoms with van der Waals surface area (Å²) in [6, 6.07) is 0. The number of unbranched alkanes of at least 4 members (excludes halogenated alkanes) is 26. The number of carbonyl (C=O) groups is 1. The van der Waals surface area contributed by atoms with Gasteiger partial charge in [0.25, 0.3) is 0 Å². The molecule has 0 spiro atoms. The summed E-state index contributed by atoms with van der Waals surface area (Å²) in [4.78, 5) is 12.0. The largest absolute Gasteiger partial charge is 0.463 e. The van der Waals surface area contributed by atoms with E-state index in [0.29, 0.717) is 6.42 Å². The highest BCUT2D eigenvalue weighted by atomic mass is 16.5. The second-order valence-corrected chi connectivity index (χ2v) is 12.0. The van der Waals surface area contributed by atoms with Gasteiger partial charge in [-0.2, -0.15) is 0 Å². The van der Waals surface area contributed by atoms with Crippen molar-refractivity contribution >= 4 is 5.97 Å². The van der Waals surface area contributed by atoms with E-state index in [0.717, 1.165) is 12.8 Å². The first-order chi connectivity index (χ1) is 18.2. The summed E-state index contributed by atoms with van der Waals surface area (Å²) in [5, 5.41) is 0. The van der Waals surface area contributed by atoms with E-state index >= 15 is 0 Å². The molecule has 0 aromatic rings. The predicted octanol–water partition coefficient (Wildman–Crippen LogP) is 12.7. The normalized spacial score (nSPS) is 12.2. The third kappa shape index (κ3) is 31.6. The average Bonchev–Trinajstić information content (AvgIpc) is 2.89. The molecule has 0 aliphatic rings. The summed E-state index contributed by atoms with van der Waals surface area (Å²) in [5.74, 6) is 0.0181. The molecule has 2 heteroatoms. The number of esters is 1. The molecule has 1 atom stereocenters. The molecule has 0 amide bonds. The molecule has 2 nitrogen and oxygen atoms in total. The smallest absolute Gasteiger partial charge is 0.306 e. The Morgan fingerprint density at radius 3 is 1.03 bits per heavy atom. The first-order valence-electron chi connectivity index (χ1n) is 17.4. The lowest BCUT2D eigenvalue weighted by atomic mass is 10.0. The Balaban J connectivity index is 3.18. The van der Waals surface area contributed by atoms with Crippen LogP contribution in [0.3, 0.4) is 0 Å². The van der Waals surface area contributed by atoms with Gasteiger partial charge >= 0.3 is 5.97 Å². The van der Waals surface area contributed by atoms with Crippen LogP contribution in [0.15, 0.2) is 0 Å². The maximum Gasteiger partial charge on any atom is 0.306 e. The third-order valence-electron chi connectivity index (χ3n) is 8.03. The fraction of sp³-hybridized carbons (Fsp3) is 0.971. The van der Waals surface area contributed by atoms with E-state index in [1.807, 2.05) is 0 Å². The van der Waals surface area contributed by atoms with Crippen LogP contribution >= 0.6 is 0 Å². The molecule has 0 saturated carbocycles. The average molecular weight is 523 g/mol. The highest BCUT2D eigenvalue weighted by Crippen LogP contribution is 2.16. The number of ether oxygens (including phenoxy) is 1. The van der Waals surface area contributed by atoms with E-state index in [-0.39, 0.29) is 12.1 Å². The summed E-state index contributed by atoms with van der Waals surface area (Å²) >= 11 is 0. The van der Waals surface area contributed by atoms with Crippen LogP contribution in [0.2, 0.25) is 0 Å². The third-order valence-corrected chi connectivity index (χ3v) is 8.03. The maximum absolute atomic E-state index is 12.0. The van der Waals surface area contributed by atoms with Gasteiger partial charge in [0.05, 0.1) is 6.10 Å². The van der Waals surface area contributed by atoms with Gasteiger partial charge in [0, 0.05) is 6.42 Å². The van der Waals surface area contributed by atoms with Gasteiger partial charge in [-0.3, -0.25) is 4.79 Å². The van der Waals surface area contributed by atoms with Gasteiger partial charge in [0.15, 0.2) is 0 Å². The Hall–Kier alpha value is -0.530. The molecular weight excluding hydrogens is 452 g/mol. The minimum atomic E-state index is 0.0181.